The van der Waals surface area contributed by atoms with Gasteiger partial charge in [-0.2, -0.15) is 13.2 Å². The van der Waals surface area contributed by atoms with Crippen LogP contribution in [-0.2, 0) is 19.2 Å². The van der Waals surface area contributed by atoms with Crippen LogP contribution in [0.25, 0.3) is 11.3 Å². The van der Waals surface area contributed by atoms with Gasteiger partial charge in [0.2, 0.25) is 5.95 Å². The summed E-state index contributed by atoms with van der Waals surface area (Å²) in [6, 6.07) is 20.4. The van der Waals surface area contributed by atoms with E-state index in [1.54, 1.807) is 0 Å². The average molecular weight is 480 g/mol. The molecular weight excluding hydrogens is 457 g/mol. The van der Waals surface area contributed by atoms with Crippen LogP contribution in [0.15, 0.2) is 77.4 Å². The topological polar surface area (TPSA) is 64.3 Å². The van der Waals surface area contributed by atoms with Crippen LogP contribution in [0.5, 0.6) is 5.75 Å². The second kappa shape index (κ2) is 9.77. The Hall–Kier alpha value is -3.88. The van der Waals surface area contributed by atoms with E-state index in [2.05, 4.69) is 15.1 Å². The van der Waals surface area contributed by atoms with Gasteiger partial charge in [0.05, 0.1) is 0 Å². The Balaban J connectivity index is 1.13. The number of hydrogen-bond acceptors (Lipinski definition) is 6. The summed E-state index contributed by atoms with van der Waals surface area (Å²) in [5.41, 5.74) is 1.89. The van der Waals surface area contributed by atoms with E-state index in [1.807, 2.05) is 65.6 Å². The molecule has 2 aromatic heterocycles. The Morgan fingerprint density at radius 2 is 1.83 bits per heavy atom. The molecule has 3 heterocycles. The highest BCUT2D eigenvalue weighted by Gasteiger charge is 2.34. The number of alkyl halides is 3. The van der Waals surface area contributed by atoms with Crippen molar-refractivity contribution in [1.29, 1.82) is 0 Å². The Morgan fingerprint density at radius 3 is 2.60 bits per heavy atom. The second-order valence-corrected chi connectivity index (χ2v) is 8.53. The van der Waals surface area contributed by atoms with Crippen molar-refractivity contribution in [2.45, 2.75) is 25.6 Å². The highest BCUT2D eigenvalue weighted by molar-refractivity contribution is 5.56. The molecule has 4 aromatic rings. The number of rotatable bonds is 7. The molecule has 0 bridgehead atoms. The fourth-order valence-corrected chi connectivity index (χ4v) is 4.17. The molecule has 1 aliphatic rings. The third-order valence-corrected chi connectivity index (χ3v) is 5.95. The highest BCUT2D eigenvalue weighted by Crippen LogP contribution is 2.30. The molecule has 0 aliphatic carbocycles. The number of nitrogens with zero attached hydrogens (tertiary/aromatic N) is 4. The number of aromatic nitrogens is 3. The quantitative estimate of drug-likeness (QED) is 0.333. The zero-order valence-electron chi connectivity index (χ0n) is 18.8. The van der Waals surface area contributed by atoms with Crippen molar-refractivity contribution in [2.24, 2.45) is 5.92 Å². The van der Waals surface area contributed by atoms with E-state index in [0.717, 1.165) is 35.8 Å². The van der Waals surface area contributed by atoms with Gasteiger partial charge in [-0.25, -0.2) is 9.97 Å². The fourth-order valence-electron chi connectivity index (χ4n) is 4.17. The molecular formula is C26H23F3N4O2. The predicted molar refractivity (Wildman–Crippen MR) is 124 cm³/mol. The number of hydrogen-bond donors (Lipinski definition) is 0. The summed E-state index contributed by atoms with van der Waals surface area (Å²) in [5, 5.41) is 4.07. The van der Waals surface area contributed by atoms with Crippen LogP contribution in [0.2, 0.25) is 0 Å². The minimum atomic E-state index is -4.47. The number of anilines is 1. The molecule has 0 radical (unpaired) electrons. The summed E-state index contributed by atoms with van der Waals surface area (Å²) in [6.07, 6.45) is -1.62. The maximum Gasteiger partial charge on any atom is 0.433 e. The molecule has 6 nitrogen and oxygen atoms in total. The molecule has 0 amide bonds. The first-order valence-corrected chi connectivity index (χ1v) is 11.3. The van der Waals surface area contributed by atoms with Gasteiger partial charge in [-0.05, 0) is 42.5 Å². The number of halogens is 3. The molecule has 1 atom stereocenters. The van der Waals surface area contributed by atoms with Crippen molar-refractivity contribution in [3.63, 3.8) is 0 Å². The maximum atomic E-state index is 12.9. The normalized spacial score (nSPS) is 16.0. The van der Waals surface area contributed by atoms with E-state index in [0.29, 0.717) is 37.1 Å². The summed E-state index contributed by atoms with van der Waals surface area (Å²) in [7, 11) is 0. The zero-order chi connectivity index (χ0) is 24.3. The van der Waals surface area contributed by atoms with Gasteiger partial charge in [0.1, 0.15) is 23.7 Å². The van der Waals surface area contributed by atoms with Crippen LogP contribution in [0.3, 0.4) is 0 Å². The molecule has 2 aromatic carbocycles. The van der Waals surface area contributed by atoms with Crippen LogP contribution in [0, 0.1) is 5.92 Å². The largest absolute Gasteiger partial charge is 0.487 e. The van der Waals surface area contributed by atoms with E-state index in [9.17, 15) is 13.2 Å². The zero-order valence-corrected chi connectivity index (χ0v) is 18.8. The molecule has 5 rings (SSSR count). The molecule has 180 valence electrons. The van der Waals surface area contributed by atoms with Crippen molar-refractivity contribution in [2.75, 3.05) is 18.0 Å². The van der Waals surface area contributed by atoms with E-state index in [4.69, 9.17) is 9.26 Å². The van der Waals surface area contributed by atoms with Gasteiger partial charge in [0.25, 0.3) is 0 Å². The van der Waals surface area contributed by atoms with E-state index >= 15 is 0 Å². The van der Waals surface area contributed by atoms with Gasteiger partial charge in [-0.1, -0.05) is 47.6 Å². The second-order valence-electron chi connectivity index (χ2n) is 8.53. The smallest absolute Gasteiger partial charge is 0.433 e. The highest BCUT2D eigenvalue weighted by atomic mass is 19.4. The fraction of sp³-hybridized carbons (Fsp3) is 0.269. The molecule has 9 heteroatoms. The van der Waals surface area contributed by atoms with Crippen LogP contribution in [0.4, 0.5) is 19.1 Å². The van der Waals surface area contributed by atoms with Gasteiger partial charge in [-0.3, -0.25) is 0 Å². The lowest BCUT2D eigenvalue weighted by atomic mass is 9.99. The van der Waals surface area contributed by atoms with Crippen LogP contribution >= 0.6 is 0 Å². The van der Waals surface area contributed by atoms with Crippen LogP contribution in [0.1, 0.15) is 23.4 Å². The third kappa shape index (κ3) is 5.62. The molecule has 1 fully saturated rings. The molecule has 0 unspecified atom stereocenters. The van der Waals surface area contributed by atoms with Crippen molar-refractivity contribution < 1.29 is 22.4 Å². The van der Waals surface area contributed by atoms with Crippen molar-refractivity contribution in [3.05, 3.63) is 89.9 Å². The summed E-state index contributed by atoms with van der Waals surface area (Å²) in [5.74, 6) is 1.87. The first-order valence-electron chi connectivity index (χ1n) is 11.3. The summed E-state index contributed by atoms with van der Waals surface area (Å²) in [6.45, 7) is 1.55. The summed E-state index contributed by atoms with van der Waals surface area (Å²) in [4.78, 5) is 9.56. The van der Waals surface area contributed by atoms with E-state index < -0.39 is 11.9 Å². The first kappa shape index (κ1) is 22.9. The van der Waals surface area contributed by atoms with Gasteiger partial charge >= 0.3 is 6.18 Å². The van der Waals surface area contributed by atoms with Crippen LogP contribution < -0.4 is 9.64 Å². The van der Waals surface area contributed by atoms with Gasteiger partial charge in [-0.15, -0.1) is 0 Å². The molecule has 1 saturated heterocycles. The standard InChI is InChI=1S/C26H23F3N4O2/c27-26(28,29)24-10-12-30-25(31-24)33-13-11-19(16-33)14-18-6-8-22(9-7-18)34-17-21-15-23(35-32-21)20-4-2-1-3-5-20/h1-10,12,15,19H,11,13-14,16-17H2/t19-/m1/s1. The van der Waals surface area contributed by atoms with Gasteiger partial charge in [0, 0.05) is 30.9 Å². The Morgan fingerprint density at radius 1 is 1.03 bits per heavy atom. The number of benzene rings is 2. The van der Waals surface area contributed by atoms with Crippen LogP contribution in [-0.4, -0.2) is 28.2 Å². The first-order chi connectivity index (χ1) is 16.9. The van der Waals surface area contributed by atoms with Gasteiger partial charge in [0.15, 0.2) is 5.76 Å². The molecule has 1 aliphatic heterocycles. The van der Waals surface area contributed by atoms with Gasteiger partial charge < -0.3 is 14.2 Å². The average Bonchev–Trinajstić information content (AvgIpc) is 3.54. The Kier molecular flexibility index (Phi) is 6.39. The lowest BCUT2D eigenvalue weighted by Gasteiger charge is -2.17. The van der Waals surface area contributed by atoms with Crippen molar-refractivity contribution in [1.82, 2.24) is 15.1 Å². The summed E-state index contributed by atoms with van der Waals surface area (Å²) < 4.78 is 50.1. The third-order valence-electron chi connectivity index (χ3n) is 5.95. The summed E-state index contributed by atoms with van der Waals surface area (Å²) >= 11 is 0. The molecule has 0 spiro atoms. The van der Waals surface area contributed by atoms with Crippen molar-refractivity contribution in [3.8, 4) is 17.1 Å². The molecule has 0 N–H and O–H groups in total. The Labute approximate surface area is 200 Å². The number of ether oxygens (including phenoxy) is 1. The maximum absolute atomic E-state index is 12.9. The lowest BCUT2D eigenvalue weighted by molar-refractivity contribution is -0.141. The monoisotopic (exact) mass is 480 g/mol. The predicted octanol–water partition coefficient (Wildman–Crippen LogP) is 5.80. The minimum absolute atomic E-state index is 0.134. The minimum Gasteiger partial charge on any atom is -0.487 e. The lowest BCUT2D eigenvalue weighted by Crippen LogP contribution is -2.23. The SMILES string of the molecule is FC(F)(F)c1ccnc(N2CC[C@H](Cc3ccc(OCc4cc(-c5ccccc5)on4)cc3)C2)n1. The van der Waals surface area contributed by atoms with Crippen molar-refractivity contribution >= 4 is 5.95 Å². The molecule has 35 heavy (non-hydrogen) atoms. The van der Waals surface area contributed by atoms with E-state index in [-0.39, 0.29) is 5.95 Å². The Bertz CT molecular complexity index is 1260. The molecule has 0 saturated carbocycles. The van der Waals surface area contributed by atoms with E-state index in [1.165, 1.54) is 6.20 Å².